The Bertz CT molecular complexity index is 64.7. The lowest BCUT2D eigenvalue weighted by Crippen LogP contribution is -2.33. The van der Waals surface area contributed by atoms with E-state index < -0.39 is 11.8 Å². The van der Waals surface area contributed by atoms with Crippen LogP contribution in [-0.2, 0) is 0 Å². The van der Waals surface area contributed by atoms with E-state index in [1.807, 2.05) is 0 Å². The lowest BCUT2D eigenvalue weighted by atomic mass is 10.2. The molecule has 0 nitrogen and oxygen atoms in total. The van der Waals surface area contributed by atoms with Gasteiger partial charge < -0.3 is 0 Å². The Hall–Kier alpha value is -0.280. The molecule has 0 aromatic heterocycles. The van der Waals surface area contributed by atoms with E-state index in [0.29, 0.717) is 0 Å². The standard InChI is InChI=1S/C4H6F4.2CH4/c1-3(5,6)4(2,7)8;;/h1-2H3;2*1H4. The molecule has 0 saturated heterocycles. The summed E-state index contributed by atoms with van der Waals surface area (Å²) in [6.45, 7) is 0.375. The van der Waals surface area contributed by atoms with Crippen LogP contribution in [0.1, 0.15) is 28.7 Å². The maximum absolute atomic E-state index is 11.5. The molecule has 0 unspecified atom stereocenters. The summed E-state index contributed by atoms with van der Waals surface area (Å²) < 4.78 is 45.9. The van der Waals surface area contributed by atoms with E-state index in [4.69, 9.17) is 0 Å². The van der Waals surface area contributed by atoms with Gasteiger partial charge in [-0.15, -0.1) is 0 Å². The van der Waals surface area contributed by atoms with Crippen LogP contribution in [0.25, 0.3) is 0 Å². The third-order valence-electron chi connectivity index (χ3n) is 0.771. The van der Waals surface area contributed by atoms with Gasteiger partial charge in [-0.05, 0) is 0 Å². The molecule has 0 atom stereocenters. The van der Waals surface area contributed by atoms with Crippen LogP contribution in [0.15, 0.2) is 0 Å². The normalized spacial score (nSPS) is 11.4. The van der Waals surface area contributed by atoms with Gasteiger partial charge in [-0.25, -0.2) is 17.6 Å². The Labute approximate surface area is 59.2 Å². The molecular weight excluding hydrogens is 148 g/mol. The smallest absolute Gasteiger partial charge is 0.200 e. The fraction of sp³-hybridized carbons (Fsp3) is 1.00. The number of rotatable bonds is 1. The molecule has 4 heteroatoms. The predicted molar refractivity (Wildman–Crippen MR) is 34.7 cm³/mol. The van der Waals surface area contributed by atoms with Gasteiger partial charge in [0.25, 0.3) is 0 Å². The summed E-state index contributed by atoms with van der Waals surface area (Å²) in [6, 6.07) is 0. The highest BCUT2D eigenvalue weighted by molar-refractivity contribution is 4.73. The Morgan fingerprint density at radius 1 is 0.700 bits per heavy atom. The molecule has 66 valence electrons. The molecule has 0 saturated carbocycles. The quantitative estimate of drug-likeness (QED) is 0.517. The zero-order valence-corrected chi connectivity index (χ0v) is 4.51. The Morgan fingerprint density at radius 2 is 0.800 bits per heavy atom. The number of alkyl halides is 4. The highest BCUT2D eigenvalue weighted by Crippen LogP contribution is 2.32. The van der Waals surface area contributed by atoms with Gasteiger partial charge >= 0.3 is 11.8 Å². The highest BCUT2D eigenvalue weighted by atomic mass is 19.3. The number of hydrogen-bond acceptors (Lipinski definition) is 0. The Morgan fingerprint density at radius 3 is 0.800 bits per heavy atom. The third kappa shape index (κ3) is 4.58. The first-order valence-corrected chi connectivity index (χ1v) is 2.01. The zero-order chi connectivity index (χ0) is 7.00. The summed E-state index contributed by atoms with van der Waals surface area (Å²) >= 11 is 0. The lowest BCUT2D eigenvalue weighted by molar-refractivity contribution is -0.185. The van der Waals surface area contributed by atoms with Gasteiger partial charge in [-0.1, -0.05) is 14.9 Å². The van der Waals surface area contributed by atoms with Crippen molar-refractivity contribution in [2.75, 3.05) is 0 Å². The Kier molecular flexibility index (Phi) is 6.19. The molecule has 0 bridgehead atoms. The van der Waals surface area contributed by atoms with Crippen LogP contribution in [0.3, 0.4) is 0 Å². The molecule has 10 heavy (non-hydrogen) atoms. The molecule has 0 aliphatic carbocycles. The van der Waals surface area contributed by atoms with E-state index in [0.717, 1.165) is 0 Å². The number of hydrogen-bond donors (Lipinski definition) is 0. The van der Waals surface area contributed by atoms with Crippen LogP contribution in [0.2, 0.25) is 0 Å². The maximum Gasteiger partial charge on any atom is 0.307 e. The minimum Gasteiger partial charge on any atom is -0.200 e. The van der Waals surface area contributed by atoms with Crippen molar-refractivity contribution in [2.45, 2.75) is 40.5 Å². The predicted octanol–water partition coefficient (Wildman–Crippen LogP) is 3.57. The van der Waals surface area contributed by atoms with Gasteiger partial charge in [-0.2, -0.15) is 0 Å². The fourth-order valence-corrected chi connectivity index (χ4v) is 0. The second-order valence-corrected chi connectivity index (χ2v) is 1.78. The van der Waals surface area contributed by atoms with Crippen molar-refractivity contribution in [3.8, 4) is 0 Å². The SMILES string of the molecule is C.C.CC(F)(F)C(C)(F)F. The van der Waals surface area contributed by atoms with E-state index >= 15 is 0 Å². The molecule has 0 rings (SSSR count). The summed E-state index contributed by atoms with van der Waals surface area (Å²) in [5.74, 6) is -7.79. The first kappa shape index (κ1) is 16.4. The summed E-state index contributed by atoms with van der Waals surface area (Å²) in [5.41, 5.74) is 0. The topological polar surface area (TPSA) is 0 Å². The van der Waals surface area contributed by atoms with Crippen LogP contribution in [0.5, 0.6) is 0 Å². The summed E-state index contributed by atoms with van der Waals surface area (Å²) in [6.07, 6.45) is 0. The van der Waals surface area contributed by atoms with Crippen LogP contribution in [0.4, 0.5) is 17.6 Å². The van der Waals surface area contributed by atoms with Crippen LogP contribution in [0, 0.1) is 0 Å². The van der Waals surface area contributed by atoms with Crippen molar-refractivity contribution in [2.24, 2.45) is 0 Å². The van der Waals surface area contributed by atoms with Gasteiger partial charge in [0.2, 0.25) is 0 Å². The maximum atomic E-state index is 11.5. The molecular formula is C6H14F4. The zero-order valence-electron chi connectivity index (χ0n) is 4.51. The lowest BCUT2D eigenvalue weighted by Gasteiger charge is -2.17. The van der Waals surface area contributed by atoms with Crippen molar-refractivity contribution in [3.63, 3.8) is 0 Å². The van der Waals surface area contributed by atoms with Crippen molar-refractivity contribution in [1.82, 2.24) is 0 Å². The molecule has 0 spiro atoms. The van der Waals surface area contributed by atoms with Gasteiger partial charge in [0.15, 0.2) is 0 Å². The van der Waals surface area contributed by atoms with Crippen LogP contribution in [-0.4, -0.2) is 11.8 Å². The molecule has 0 radical (unpaired) electrons. The first-order chi connectivity index (χ1) is 3.25. The molecule has 0 N–H and O–H groups in total. The van der Waals surface area contributed by atoms with Crippen molar-refractivity contribution in [1.29, 1.82) is 0 Å². The molecule has 0 amide bonds. The average molecular weight is 162 g/mol. The van der Waals surface area contributed by atoms with Crippen LogP contribution >= 0.6 is 0 Å². The van der Waals surface area contributed by atoms with E-state index in [2.05, 4.69) is 0 Å². The minimum atomic E-state index is -3.90. The molecule has 0 fully saturated rings. The summed E-state index contributed by atoms with van der Waals surface area (Å²) in [5, 5.41) is 0. The summed E-state index contributed by atoms with van der Waals surface area (Å²) in [7, 11) is 0. The molecule has 0 aromatic rings. The Balaban J connectivity index is -0.000000245. The third-order valence-corrected chi connectivity index (χ3v) is 0.771. The minimum absolute atomic E-state index is 0. The first-order valence-electron chi connectivity index (χ1n) is 2.01. The van der Waals surface area contributed by atoms with Crippen LogP contribution < -0.4 is 0 Å². The second-order valence-electron chi connectivity index (χ2n) is 1.78. The van der Waals surface area contributed by atoms with Gasteiger partial charge in [-0.3, -0.25) is 0 Å². The fourth-order valence-electron chi connectivity index (χ4n) is 0. The van der Waals surface area contributed by atoms with E-state index in [1.165, 1.54) is 0 Å². The van der Waals surface area contributed by atoms with Gasteiger partial charge in [0.05, 0.1) is 0 Å². The molecule has 0 heterocycles. The highest BCUT2D eigenvalue weighted by Gasteiger charge is 2.47. The van der Waals surface area contributed by atoms with E-state index in [9.17, 15) is 17.6 Å². The average Bonchev–Trinajstić information content (AvgIpc) is 1.25. The van der Waals surface area contributed by atoms with E-state index in [-0.39, 0.29) is 28.7 Å². The number of halogens is 4. The second kappa shape index (κ2) is 3.78. The molecule has 0 aliphatic rings. The van der Waals surface area contributed by atoms with Crippen molar-refractivity contribution < 1.29 is 17.6 Å². The van der Waals surface area contributed by atoms with Gasteiger partial charge in [0.1, 0.15) is 0 Å². The molecule has 0 aliphatic heterocycles. The van der Waals surface area contributed by atoms with Gasteiger partial charge in [0, 0.05) is 13.8 Å². The van der Waals surface area contributed by atoms with Crippen molar-refractivity contribution >= 4 is 0 Å². The monoisotopic (exact) mass is 162 g/mol. The molecule has 0 aromatic carbocycles. The summed E-state index contributed by atoms with van der Waals surface area (Å²) in [4.78, 5) is 0. The van der Waals surface area contributed by atoms with E-state index in [1.54, 1.807) is 0 Å². The largest absolute Gasteiger partial charge is 0.307 e. The van der Waals surface area contributed by atoms with Crippen molar-refractivity contribution in [3.05, 3.63) is 0 Å².